The molecule has 0 saturated carbocycles. The molecule has 2 aliphatic heterocycles. The summed E-state index contributed by atoms with van der Waals surface area (Å²) in [6, 6.07) is 0.594. The first kappa shape index (κ1) is 29.3. The van der Waals surface area contributed by atoms with Crippen LogP contribution in [0.25, 0.3) is 0 Å². The molecular formula is C17H14N6Na2O6S3. The van der Waals surface area contributed by atoms with Gasteiger partial charge in [0.25, 0.3) is 5.91 Å². The first-order chi connectivity index (χ1) is 15.3. The van der Waals surface area contributed by atoms with E-state index in [0.717, 1.165) is 16.2 Å². The topological polar surface area (TPSA) is 173 Å². The number of nitrogens with one attached hydrogen (secondary N) is 1. The maximum absolute atomic E-state index is 12.7. The Bertz CT molecular complexity index is 1150. The van der Waals surface area contributed by atoms with E-state index in [0.29, 0.717) is 22.0 Å². The number of hydrogen-bond donors (Lipinski definition) is 1. The summed E-state index contributed by atoms with van der Waals surface area (Å²) >= 11 is 3.50. The van der Waals surface area contributed by atoms with Gasteiger partial charge in [0, 0.05) is 18.6 Å². The number of thiophene rings is 1. The number of fused-ring (bicyclic) bond motifs is 1. The Balaban J connectivity index is 0.00000204. The minimum absolute atomic E-state index is 0. The molecule has 12 nitrogen and oxygen atoms in total. The average Bonchev–Trinajstić information content (AvgIpc) is 3.38. The summed E-state index contributed by atoms with van der Waals surface area (Å²) in [5, 5.41) is 38.0. The van der Waals surface area contributed by atoms with Crippen molar-refractivity contribution < 1.29 is 88.5 Å². The van der Waals surface area contributed by atoms with E-state index in [1.165, 1.54) is 39.7 Å². The molecule has 0 radical (unpaired) electrons. The Morgan fingerprint density at radius 3 is 2.62 bits per heavy atom. The van der Waals surface area contributed by atoms with Crippen LogP contribution >= 0.6 is 34.9 Å². The number of aromatic nitrogens is 4. The monoisotopic (exact) mass is 540 g/mol. The van der Waals surface area contributed by atoms with Crippen LogP contribution in [0.1, 0.15) is 15.2 Å². The van der Waals surface area contributed by atoms with E-state index >= 15 is 0 Å². The van der Waals surface area contributed by atoms with Crippen molar-refractivity contribution >= 4 is 58.6 Å². The normalized spacial score (nSPS) is 18.9. The number of carboxylic acids is 2. The summed E-state index contributed by atoms with van der Waals surface area (Å²) in [4.78, 5) is 49.0. The summed E-state index contributed by atoms with van der Waals surface area (Å²) in [5.74, 6) is -3.38. The third-order valence-corrected chi connectivity index (χ3v) is 8.17. The molecule has 2 aromatic rings. The number of carbonyl (C=O) groups excluding carboxylic acids is 4. The molecule has 1 fully saturated rings. The van der Waals surface area contributed by atoms with Crippen LogP contribution < -0.4 is 74.6 Å². The van der Waals surface area contributed by atoms with Gasteiger partial charge in [-0.25, -0.2) is 4.68 Å². The molecule has 17 heteroatoms. The van der Waals surface area contributed by atoms with E-state index < -0.39 is 35.2 Å². The van der Waals surface area contributed by atoms with E-state index in [4.69, 9.17) is 0 Å². The number of carbonyl (C=O) groups is 4. The predicted octanol–water partition coefficient (Wildman–Crippen LogP) is -8.62. The van der Waals surface area contributed by atoms with Crippen LogP contribution in [0.15, 0.2) is 27.9 Å². The predicted molar refractivity (Wildman–Crippen MR) is 109 cm³/mol. The molecule has 0 aromatic carbocycles. The molecule has 2 aliphatic rings. The Kier molecular flexibility index (Phi) is 10.7. The molecule has 4 heterocycles. The first-order valence-corrected chi connectivity index (χ1v) is 12.0. The van der Waals surface area contributed by atoms with Crippen LogP contribution in [0, 0.1) is 0 Å². The standard InChI is InChI=1S/C17H16N6O6S3.2Na/c1-22-17(19-20-21-22)32-6-8-5-31-14-10(13(25)23(14)11(8)15(26)27)18-9(24)4-7-2-3-30-12(7)16(28)29;;/h2-3,10,14H,4-6H2,1H3,(H,18,24)(H,26,27)(H,28,29);;/q;2*+1/p-2/t10?,14-;;/m0../s1. The molecule has 0 bridgehead atoms. The second-order valence-corrected chi connectivity index (χ2v) is 9.77. The van der Waals surface area contributed by atoms with E-state index in [9.17, 15) is 29.4 Å². The van der Waals surface area contributed by atoms with Gasteiger partial charge >= 0.3 is 59.1 Å². The summed E-state index contributed by atoms with van der Waals surface area (Å²) in [6.07, 6.45) is -0.231. The third-order valence-electron chi connectivity index (χ3n) is 4.80. The fraction of sp³-hybridized carbons (Fsp3) is 0.353. The van der Waals surface area contributed by atoms with Gasteiger partial charge in [0.2, 0.25) is 11.1 Å². The van der Waals surface area contributed by atoms with Gasteiger partial charge in [-0.05, 0) is 33.0 Å². The molecule has 2 aromatic heterocycles. The smallest absolute Gasteiger partial charge is 0.544 e. The van der Waals surface area contributed by atoms with Crippen LogP contribution in [-0.2, 0) is 27.9 Å². The van der Waals surface area contributed by atoms with Gasteiger partial charge in [-0.1, -0.05) is 11.8 Å². The number of tetrazole rings is 1. The zero-order valence-corrected chi connectivity index (χ0v) is 24.8. The number of aryl methyl sites for hydroxylation is 1. The molecule has 1 unspecified atom stereocenters. The van der Waals surface area contributed by atoms with Crippen molar-refractivity contribution in [3.63, 3.8) is 0 Å². The fourth-order valence-corrected chi connectivity index (χ4v) is 6.42. The molecule has 0 spiro atoms. The zero-order chi connectivity index (χ0) is 23.0. The summed E-state index contributed by atoms with van der Waals surface area (Å²) in [6.45, 7) is 0. The number of carboxylic acid groups (broad SMARTS) is 2. The Morgan fingerprint density at radius 2 is 2.00 bits per heavy atom. The van der Waals surface area contributed by atoms with Crippen LogP contribution in [0.5, 0.6) is 0 Å². The van der Waals surface area contributed by atoms with Gasteiger partial charge in [0.15, 0.2) is 0 Å². The molecule has 0 aliphatic carbocycles. The van der Waals surface area contributed by atoms with E-state index in [2.05, 4.69) is 20.8 Å². The van der Waals surface area contributed by atoms with Crippen LogP contribution in [0.3, 0.4) is 0 Å². The summed E-state index contributed by atoms with van der Waals surface area (Å²) < 4.78 is 1.45. The molecular weight excluding hydrogens is 526 g/mol. The minimum Gasteiger partial charge on any atom is -0.544 e. The number of amides is 2. The third kappa shape index (κ3) is 5.90. The van der Waals surface area contributed by atoms with Crippen molar-refractivity contribution in [1.82, 2.24) is 30.4 Å². The Morgan fingerprint density at radius 1 is 1.26 bits per heavy atom. The van der Waals surface area contributed by atoms with Gasteiger partial charge in [-0.2, -0.15) is 0 Å². The number of nitrogens with zero attached hydrogens (tertiary/aromatic N) is 5. The van der Waals surface area contributed by atoms with Gasteiger partial charge < -0.3 is 25.1 Å². The van der Waals surface area contributed by atoms with Gasteiger partial charge in [-0.3, -0.25) is 14.5 Å². The van der Waals surface area contributed by atoms with Crippen molar-refractivity contribution in [2.24, 2.45) is 7.05 Å². The Labute approximate surface area is 249 Å². The van der Waals surface area contributed by atoms with Crippen molar-refractivity contribution in [2.45, 2.75) is 23.0 Å². The maximum Gasteiger partial charge on any atom is 1.00 e. The summed E-state index contributed by atoms with van der Waals surface area (Å²) in [7, 11) is 1.65. The molecule has 1 N–H and O–H groups in total. The first-order valence-electron chi connectivity index (χ1n) is 9.08. The number of aromatic carboxylic acids is 1. The number of β-lactam (4-membered cyclic amide) rings is 1. The molecule has 2 atom stereocenters. The van der Waals surface area contributed by atoms with Crippen LogP contribution in [0.2, 0.25) is 0 Å². The van der Waals surface area contributed by atoms with E-state index in [1.807, 2.05) is 0 Å². The minimum atomic E-state index is -1.48. The maximum atomic E-state index is 12.7. The molecule has 168 valence electrons. The quantitative estimate of drug-likeness (QED) is 0.191. The van der Waals surface area contributed by atoms with Crippen molar-refractivity contribution in [1.29, 1.82) is 0 Å². The van der Waals surface area contributed by atoms with Crippen molar-refractivity contribution in [3.05, 3.63) is 33.2 Å². The SMILES string of the molecule is Cn1nnnc1SCC1=C(C(=O)[O-])N2C(=O)C(NC(=O)Cc3ccsc3C(=O)[O-])[C@@H]2SC1.[Na+].[Na+]. The Hall–Kier alpha value is -0.910. The largest absolute Gasteiger partial charge is 1.00 e. The van der Waals surface area contributed by atoms with Gasteiger partial charge in [0.05, 0.1) is 28.9 Å². The number of hydrogen-bond acceptors (Lipinski definition) is 12. The molecule has 34 heavy (non-hydrogen) atoms. The van der Waals surface area contributed by atoms with Gasteiger partial charge in [-0.15, -0.1) is 28.2 Å². The van der Waals surface area contributed by atoms with E-state index in [-0.39, 0.29) is 81.9 Å². The van der Waals surface area contributed by atoms with Crippen molar-refractivity contribution in [2.75, 3.05) is 11.5 Å². The van der Waals surface area contributed by atoms with Crippen molar-refractivity contribution in [3.8, 4) is 0 Å². The van der Waals surface area contributed by atoms with Gasteiger partial charge in [0.1, 0.15) is 11.4 Å². The van der Waals surface area contributed by atoms with E-state index in [1.54, 1.807) is 7.05 Å². The molecule has 1 saturated heterocycles. The average molecular weight is 541 g/mol. The zero-order valence-electron chi connectivity index (χ0n) is 18.3. The van der Waals surface area contributed by atoms with Crippen LogP contribution in [-0.4, -0.2) is 71.8 Å². The molecule has 2 amide bonds. The second kappa shape index (κ2) is 12.4. The number of aliphatic carboxylic acids is 1. The summed E-state index contributed by atoms with van der Waals surface area (Å²) in [5.41, 5.74) is 0.582. The van der Waals surface area contributed by atoms with Crippen LogP contribution in [0.4, 0.5) is 0 Å². The second-order valence-electron chi connectivity index (χ2n) is 6.81. The number of thioether (sulfide) groups is 2. The number of rotatable bonds is 8. The fourth-order valence-electron chi connectivity index (χ4n) is 3.33. The molecule has 4 rings (SSSR count).